The number of ether oxygens (including phenoxy) is 1. The van der Waals surface area contributed by atoms with Crippen molar-refractivity contribution in [1.29, 1.82) is 0 Å². The molecule has 1 aliphatic rings. The number of carbonyl (C=O) groups excluding carboxylic acids is 1. The Bertz CT molecular complexity index is 498. The number of amides is 1. The van der Waals surface area contributed by atoms with Crippen LogP contribution in [0.1, 0.15) is 25.7 Å². The number of hydrogen-bond donors (Lipinski definition) is 3. The fraction of sp³-hybridized carbons (Fsp3) is 0.429. The van der Waals surface area contributed by atoms with Gasteiger partial charge in [-0.25, -0.2) is 0 Å². The second-order valence-electron chi connectivity index (χ2n) is 4.96. The molecule has 1 aromatic rings. The van der Waals surface area contributed by atoms with E-state index in [0.717, 1.165) is 12.8 Å². The molecule has 108 valence electrons. The third kappa shape index (κ3) is 4.15. The number of benzene rings is 1. The largest absolute Gasteiger partial charge is 0.485 e. The topological polar surface area (TPSA) is 96.9 Å². The maximum Gasteiger partial charge on any atom is 0.224 e. The number of anilines is 1. The number of nitrogens with zero attached hydrogens (tertiary/aromatic N) is 1. The summed E-state index contributed by atoms with van der Waals surface area (Å²) in [6.07, 6.45) is 4.11. The number of nitrogens with one attached hydrogen (secondary N) is 1. The van der Waals surface area contributed by atoms with Gasteiger partial charge in [-0.1, -0.05) is 17.6 Å². The van der Waals surface area contributed by atoms with Crippen molar-refractivity contribution in [2.75, 3.05) is 11.9 Å². The van der Waals surface area contributed by atoms with Crippen LogP contribution in [0.2, 0.25) is 0 Å². The van der Waals surface area contributed by atoms with Gasteiger partial charge in [-0.15, -0.1) is 0 Å². The monoisotopic (exact) mass is 277 g/mol. The summed E-state index contributed by atoms with van der Waals surface area (Å²) in [6, 6.07) is 7.03. The van der Waals surface area contributed by atoms with E-state index in [1.807, 2.05) is 0 Å². The third-order valence-electron chi connectivity index (χ3n) is 3.33. The minimum Gasteiger partial charge on any atom is -0.485 e. The van der Waals surface area contributed by atoms with E-state index in [-0.39, 0.29) is 18.3 Å². The van der Waals surface area contributed by atoms with E-state index in [9.17, 15) is 4.79 Å². The van der Waals surface area contributed by atoms with Gasteiger partial charge in [-0.3, -0.25) is 4.79 Å². The Morgan fingerprint density at radius 2 is 2.30 bits per heavy atom. The van der Waals surface area contributed by atoms with E-state index in [4.69, 9.17) is 15.7 Å². The molecule has 0 radical (unpaired) electrons. The zero-order valence-electron chi connectivity index (χ0n) is 11.2. The first kappa shape index (κ1) is 14.2. The smallest absolute Gasteiger partial charge is 0.224 e. The van der Waals surface area contributed by atoms with Crippen LogP contribution in [0.3, 0.4) is 0 Å². The lowest BCUT2D eigenvalue weighted by molar-refractivity contribution is -0.117. The predicted octanol–water partition coefficient (Wildman–Crippen LogP) is 1.94. The Hall–Kier alpha value is -2.24. The van der Waals surface area contributed by atoms with Gasteiger partial charge in [-0.05, 0) is 30.9 Å². The van der Waals surface area contributed by atoms with Gasteiger partial charge in [0.25, 0.3) is 0 Å². The average Bonchev–Trinajstić information content (AvgIpc) is 2.40. The molecule has 0 atom stereocenters. The molecule has 1 saturated carbocycles. The normalized spacial score (nSPS) is 15.5. The fourth-order valence-electron chi connectivity index (χ4n) is 2.02. The van der Waals surface area contributed by atoms with Gasteiger partial charge in [0.1, 0.15) is 12.4 Å². The van der Waals surface area contributed by atoms with Crippen LogP contribution in [-0.2, 0) is 4.79 Å². The van der Waals surface area contributed by atoms with Crippen LogP contribution in [-0.4, -0.2) is 23.6 Å². The molecule has 6 nitrogen and oxygen atoms in total. The average molecular weight is 277 g/mol. The van der Waals surface area contributed by atoms with E-state index in [1.165, 1.54) is 6.42 Å². The molecule has 1 fully saturated rings. The molecule has 0 aliphatic heterocycles. The summed E-state index contributed by atoms with van der Waals surface area (Å²) in [7, 11) is 0. The van der Waals surface area contributed by atoms with Gasteiger partial charge in [0.2, 0.25) is 5.91 Å². The Morgan fingerprint density at radius 3 is 2.95 bits per heavy atom. The summed E-state index contributed by atoms with van der Waals surface area (Å²) in [5.41, 5.74) is 6.01. The van der Waals surface area contributed by atoms with Crippen molar-refractivity contribution in [1.82, 2.24) is 0 Å². The molecule has 1 aromatic carbocycles. The van der Waals surface area contributed by atoms with Crippen molar-refractivity contribution in [3.05, 3.63) is 24.3 Å². The summed E-state index contributed by atoms with van der Waals surface area (Å²) < 4.78 is 5.33. The van der Waals surface area contributed by atoms with Crippen molar-refractivity contribution in [2.24, 2.45) is 16.8 Å². The summed E-state index contributed by atoms with van der Waals surface area (Å²) in [5.74, 6) is 1.11. The summed E-state index contributed by atoms with van der Waals surface area (Å²) in [4.78, 5) is 11.8. The minimum absolute atomic E-state index is 0.00399. The van der Waals surface area contributed by atoms with E-state index in [1.54, 1.807) is 24.3 Å². The molecule has 0 spiro atoms. The molecule has 4 N–H and O–H groups in total. The van der Waals surface area contributed by atoms with E-state index in [0.29, 0.717) is 23.8 Å². The molecular weight excluding hydrogens is 258 g/mol. The summed E-state index contributed by atoms with van der Waals surface area (Å²) in [6.45, 7) is -0.00399. The molecule has 2 rings (SSSR count). The number of hydrogen-bond acceptors (Lipinski definition) is 4. The van der Waals surface area contributed by atoms with E-state index >= 15 is 0 Å². The highest BCUT2D eigenvalue weighted by Gasteiger charge is 2.20. The zero-order valence-corrected chi connectivity index (χ0v) is 11.2. The molecule has 20 heavy (non-hydrogen) atoms. The Balaban J connectivity index is 1.86. The standard InChI is InChI=1S/C14H19N3O3/c15-13(17-19)9-20-12-6-2-5-11(8-12)16-14(18)7-10-3-1-4-10/h2,5-6,8,10,19H,1,3-4,7,9H2,(H2,15,17)(H,16,18). The van der Waals surface area contributed by atoms with Crippen molar-refractivity contribution < 1.29 is 14.7 Å². The number of amidine groups is 1. The molecule has 0 unspecified atom stereocenters. The Labute approximate surface area is 117 Å². The van der Waals surface area contributed by atoms with E-state index < -0.39 is 0 Å². The second-order valence-corrected chi connectivity index (χ2v) is 4.96. The lowest BCUT2D eigenvalue weighted by Gasteiger charge is -2.24. The highest BCUT2D eigenvalue weighted by Crippen LogP contribution is 2.29. The van der Waals surface area contributed by atoms with Crippen LogP contribution in [0.5, 0.6) is 5.75 Å². The molecule has 0 saturated heterocycles. The molecule has 1 amide bonds. The summed E-state index contributed by atoms with van der Waals surface area (Å²) in [5, 5.41) is 14.1. The van der Waals surface area contributed by atoms with Crippen LogP contribution >= 0.6 is 0 Å². The first-order chi connectivity index (χ1) is 9.67. The minimum atomic E-state index is -0.00979. The predicted molar refractivity (Wildman–Crippen MR) is 75.9 cm³/mol. The van der Waals surface area contributed by atoms with Gasteiger partial charge in [-0.2, -0.15) is 0 Å². The molecule has 6 heteroatoms. The SMILES string of the molecule is N/C(COc1cccc(NC(=O)CC2CCC2)c1)=N/O. The van der Waals surface area contributed by atoms with Crippen molar-refractivity contribution >= 4 is 17.4 Å². The van der Waals surface area contributed by atoms with Crippen LogP contribution in [0.25, 0.3) is 0 Å². The number of nitrogens with two attached hydrogens (primary N) is 1. The number of carbonyl (C=O) groups is 1. The Morgan fingerprint density at radius 1 is 1.50 bits per heavy atom. The molecule has 0 aromatic heterocycles. The lowest BCUT2D eigenvalue weighted by Crippen LogP contribution is -2.21. The first-order valence-corrected chi connectivity index (χ1v) is 6.66. The number of oxime groups is 1. The van der Waals surface area contributed by atoms with E-state index in [2.05, 4.69) is 10.5 Å². The van der Waals surface area contributed by atoms with Gasteiger partial charge >= 0.3 is 0 Å². The second kappa shape index (κ2) is 6.79. The highest BCUT2D eigenvalue weighted by molar-refractivity contribution is 5.91. The van der Waals surface area contributed by atoms with Crippen LogP contribution in [0.4, 0.5) is 5.69 Å². The van der Waals surface area contributed by atoms with Gasteiger partial charge < -0.3 is 21.0 Å². The number of rotatable bonds is 6. The molecule has 1 aliphatic carbocycles. The van der Waals surface area contributed by atoms with Gasteiger partial charge in [0, 0.05) is 18.2 Å². The maximum atomic E-state index is 11.8. The maximum absolute atomic E-state index is 11.8. The first-order valence-electron chi connectivity index (χ1n) is 6.66. The van der Waals surface area contributed by atoms with Gasteiger partial charge in [0.15, 0.2) is 5.84 Å². The quantitative estimate of drug-likeness (QED) is 0.320. The van der Waals surface area contributed by atoms with Crippen molar-refractivity contribution in [3.8, 4) is 5.75 Å². The fourth-order valence-corrected chi connectivity index (χ4v) is 2.02. The van der Waals surface area contributed by atoms with Crippen LogP contribution in [0.15, 0.2) is 29.4 Å². The molecular formula is C14H19N3O3. The van der Waals surface area contributed by atoms with Crippen molar-refractivity contribution in [3.63, 3.8) is 0 Å². The third-order valence-corrected chi connectivity index (χ3v) is 3.33. The van der Waals surface area contributed by atoms with Crippen LogP contribution in [0, 0.1) is 5.92 Å². The zero-order chi connectivity index (χ0) is 14.4. The molecule has 0 heterocycles. The van der Waals surface area contributed by atoms with Gasteiger partial charge in [0.05, 0.1) is 0 Å². The molecule has 0 bridgehead atoms. The summed E-state index contributed by atoms with van der Waals surface area (Å²) >= 11 is 0. The van der Waals surface area contributed by atoms with Crippen LogP contribution < -0.4 is 15.8 Å². The highest BCUT2D eigenvalue weighted by atomic mass is 16.5. The Kier molecular flexibility index (Phi) is 4.81. The van der Waals surface area contributed by atoms with Crippen molar-refractivity contribution in [2.45, 2.75) is 25.7 Å². The lowest BCUT2D eigenvalue weighted by atomic mass is 9.83.